The maximum atomic E-state index is 13.1. The molecule has 0 saturated heterocycles. The summed E-state index contributed by atoms with van der Waals surface area (Å²) in [6, 6.07) is 15.4. The van der Waals surface area contributed by atoms with Crippen LogP contribution in [0.4, 0.5) is 5.69 Å². The van der Waals surface area contributed by atoms with Crippen molar-refractivity contribution in [3.63, 3.8) is 0 Å². The normalized spacial score (nSPS) is 11.0. The van der Waals surface area contributed by atoms with Crippen LogP contribution in [-0.4, -0.2) is 17.5 Å². The maximum absolute atomic E-state index is 13.1. The largest absolute Gasteiger partial charge is 0.337 e. The lowest BCUT2D eigenvalue weighted by Gasteiger charge is -2.19. The van der Waals surface area contributed by atoms with Crippen LogP contribution >= 0.6 is 11.6 Å². The molecule has 0 N–H and O–H groups in total. The van der Waals surface area contributed by atoms with Crippen molar-refractivity contribution in [3.8, 4) is 0 Å². The zero-order valence-corrected chi connectivity index (χ0v) is 14.3. The highest BCUT2D eigenvalue weighted by Gasteiger charge is 2.23. The lowest BCUT2D eigenvalue weighted by Crippen LogP contribution is -2.29. The van der Waals surface area contributed by atoms with Crippen LogP contribution in [0.2, 0.25) is 5.02 Å². The van der Waals surface area contributed by atoms with Crippen LogP contribution in [0, 0.1) is 6.92 Å². The van der Waals surface area contributed by atoms with E-state index in [2.05, 4.69) is 4.57 Å². The highest BCUT2D eigenvalue weighted by molar-refractivity contribution is 6.31. The molecule has 0 fully saturated rings. The Kier molecular flexibility index (Phi) is 4.14. The number of carbonyl (C=O) groups is 1. The Labute approximate surface area is 141 Å². The minimum Gasteiger partial charge on any atom is -0.337 e. The molecule has 3 aromatic rings. The van der Waals surface area contributed by atoms with Crippen molar-refractivity contribution in [2.75, 3.05) is 11.9 Å². The van der Waals surface area contributed by atoms with Crippen LogP contribution in [0.3, 0.4) is 0 Å². The number of rotatable bonds is 3. The fraction of sp³-hybridized carbons (Fsp3) is 0.211. The Morgan fingerprint density at radius 3 is 2.52 bits per heavy atom. The highest BCUT2D eigenvalue weighted by atomic mass is 35.5. The summed E-state index contributed by atoms with van der Waals surface area (Å²) in [5.74, 6) is -0.0112. The second kappa shape index (κ2) is 6.09. The number of hydrogen-bond acceptors (Lipinski definition) is 1. The van der Waals surface area contributed by atoms with E-state index in [0.717, 1.165) is 34.4 Å². The van der Waals surface area contributed by atoms with Crippen LogP contribution in [0.5, 0.6) is 0 Å². The molecule has 0 radical (unpaired) electrons. The predicted octanol–water partition coefficient (Wildman–Crippen LogP) is 4.90. The van der Waals surface area contributed by atoms with Crippen molar-refractivity contribution in [3.05, 3.63) is 64.8 Å². The van der Waals surface area contributed by atoms with E-state index in [1.807, 2.05) is 69.4 Å². The van der Waals surface area contributed by atoms with Crippen molar-refractivity contribution in [1.82, 2.24) is 4.57 Å². The summed E-state index contributed by atoms with van der Waals surface area (Å²) >= 11 is 6.13. The molecule has 0 spiro atoms. The van der Waals surface area contributed by atoms with E-state index >= 15 is 0 Å². The van der Waals surface area contributed by atoms with Gasteiger partial charge in [-0.05, 0) is 49.7 Å². The van der Waals surface area contributed by atoms with Crippen LogP contribution in [0.15, 0.2) is 48.5 Å². The molecule has 0 aliphatic rings. The van der Waals surface area contributed by atoms with Gasteiger partial charge in [-0.25, -0.2) is 0 Å². The summed E-state index contributed by atoms with van der Waals surface area (Å²) in [4.78, 5) is 14.8. The Balaban J connectivity index is 2.15. The van der Waals surface area contributed by atoms with Crippen molar-refractivity contribution in [2.45, 2.75) is 20.4 Å². The maximum Gasteiger partial charge on any atom is 0.274 e. The van der Waals surface area contributed by atoms with Gasteiger partial charge in [0.2, 0.25) is 0 Å². The van der Waals surface area contributed by atoms with E-state index in [-0.39, 0.29) is 5.91 Å². The first kappa shape index (κ1) is 15.6. The minimum absolute atomic E-state index is 0.0112. The number of aromatic nitrogens is 1. The van der Waals surface area contributed by atoms with E-state index < -0.39 is 0 Å². The number of benzene rings is 2. The fourth-order valence-corrected chi connectivity index (χ4v) is 3.20. The summed E-state index contributed by atoms with van der Waals surface area (Å²) in [7, 11) is 1.81. The number of para-hydroxylation sites is 1. The summed E-state index contributed by atoms with van der Waals surface area (Å²) in [5.41, 5.74) is 3.61. The van der Waals surface area contributed by atoms with Gasteiger partial charge in [0.15, 0.2) is 0 Å². The molecule has 0 saturated carbocycles. The Morgan fingerprint density at radius 2 is 1.87 bits per heavy atom. The average Bonchev–Trinajstić information content (AvgIpc) is 2.86. The first-order chi connectivity index (χ1) is 11.0. The van der Waals surface area contributed by atoms with Gasteiger partial charge >= 0.3 is 0 Å². The smallest absolute Gasteiger partial charge is 0.274 e. The number of amides is 1. The molecular formula is C19H19ClN2O. The van der Waals surface area contributed by atoms with Gasteiger partial charge in [0.1, 0.15) is 5.69 Å². The Hall–Kier alpha value is -2.26. The summed E-state index contributed by atoms with van der Waals surface area (Å²) in [5, 5.41) is 1.72. The molecular weight excluding hydrogens is 308 g/mol. The predicted molar refractivity (Wildman–Crippen MR) is 96.5 cm³/mol. The molecule has 3 nitrogen and oxygen atoms in total. The molecule has 0 atom stereocenters. The number of carbonyl (C=O) groups excluding carboxylic acids is 1. The third-order valence-electron chi connectivity index (χ3n) is 4.25. The van der Waals surface area contributed by atoms with Crippen LogP contribution < -0.4 is 4.90 Å². The lowest BCUT2D eigenvalue weighted by molar-refractivity contribution is 0.0984. The second-order valence-electron chi connectivity index (χ2n) is 5.58. The first-order valence-corrected chi connectivity index (χ1v) is 8.03. The van der Waals surface area contributed by atoms with Crippen molar-refractivity contribution >= 4 is 34.1 Å². The molecule has 1 aromatic heterocycles. The van der Waals surface area contributed by atoms with Crippen LogP contribution in [0.25, 0.3) is 10.9 Å². The highest BCUT2D eigenvalue weighted by Crippen LogP contribution is 2.29. The lowest BCUT2D eigenvalue weighted by atomic mass is 10.1. The van der Waals surface area contributed by atoms with Gasteiger partial charge in [-0.2, -0.15) is 0 Å². The average molecular weight is 327 g/mol. The molecule has 3 rings (SSSR count). The SMILES string of the molecule is CCn1c(C(=O)N(C)c2ccccc2)c(C)c2cc(Cl)ccc21. The molecule has 0 bridgehead atoms. The molecule has 1 amide bonds. The van der Waals surface area contributed by atoms with E-state index in [4.69, 9.17) is 11.6 Å². The molecule has 1 heterocycles. The van der Waals surface area contributed by atoms with Crippen LogP contribution in [0.1, 0.15) is 23.0 Å². The van der Waals surface area contributed by atoms with Gasteiger partial charge < -0.3 is 9.47 Å². The van der Waals surface area contributed by atoms with Crippen molar-refractivity contribution in [1.29, 1.82) is 0 Å². The van der Waals surface area contributed by atoms with E-state index in [0.29, 0.717) is 5.02 Å². The zero-order chi connectivity index (χ0) is 16.6. The minimum atomic E-state index is -0.0112. The molecule has 4 heteroatoms. The van der Waals surface area contributed by atoms with Gasteiger partial charge in [-0.1, -0.05) is 29.8 Å². The number of hydrogen-bond donors (Lipinski definition) is 0. The molecule has 118 valence electrons. The van der Waals surface area contributed by atoms with Gasteiger partial charge in [0.05, 0.1) is 0 Å². The zero-order valence-electron chi connectivity index (χ0n) is 13.5. The van der Waals surface area contributed by atoms with E-state index in [9.17, 15) is 4.79 Å². The van der Waals surface area contributed by atoms with Gasteiger partial charge in [0, 0.05) is 35.2 Å². The number of anilines is 1. The molecule has 0 aliphatic carbocycles. The summed E-state index contributed by atoms with van der Waals surface area (Å²) in [6.07, 6.45) is 0. The summed E-state index contributed by atoms with van der Waals surface area (Å²) < 4.78 is 2.06. The Morgan fingerprint density at radius 1 is 1.17 bits per heavy atom. The number of fused-ring (bicyclic) bond motifs is 1. The van der Waals surface area contributed by atoms with E-state index in [1.54, 1.807) is 4.90 Å². The number of aryl methyl sites for hydroxylation is 2. The van der Waals surface area contributed by atoms with Crippen LogP contribution in [-0.2, 0) is 6.54 Å². The standard InChI is InChI=1S/C19H19ClN2O/c1-4-22-17-11-10-14(20)12-16(17)13(2)18(22)19(23)21(3)15-8-6-5-7-9-15/h5-12H,4H2,1-3H3. The fourth-order valence-electron chi connectivity index (χ4n) is 3.03. The third kappa shape index (κ3) is 2.62. The van der Waals surface area contributed by atoms with Gasteiger partial charge in [-0.15, -0.1) is 0 Å². The monoisotopic (exact) mass is 326 g/mol. The Bertz CT molecular complexity index is 868. The van der Waals surface area contributed by atoms with Gasteiger partial charge in [0.25, 0.3) is 5.91 Å². The topological polar surface area (TPSA) is 25.2 Å². The number of nitrogens with zero attached hydrogens (tertiary/aromatic N) is 2. The quantitative estimate of drug-likeness (QED) is 0.672. The molecule has 0 aliphatic heterocycles. The van der Waals surface area contributed by atoms with Crippen molar-refractivity contribution < 1.29 is 4.79 Å². The molecule has 0 unspecified atom stereocenters. The van der Waals surface area contributed by atoms with Crippen molar-refractivity contribution in [2.24, 2.45) is 0 Å². The summed E-state index contributed by atoms with van der Waals surface area (Å²) in [6.45, 7) is 4.76. The third-order valence-corrected chi connectivity index (χ3v) is 4.48. The molecule has 2 aromatic carbocycles. The molecule has 23 heavy (non-hydrogen) atoms. The second-order valence-corrected chi connectivity index (χ2v) is 6.02. The van der Waals surface area contributed by atoms with Gasteiger partial charge in [-0.3, -0.25) is 4.79 Å². The first-order valence-electron chi connectivity index (χ1n) is 7.66. The number of halogens is 1. The van der Waals surface area contributed by atoms with E-state index in [1.165, 1.54) is 0 Å².